The second-order valence-electron chi connectivity index (χ2n) is 6.39. The van der Waals surface area contributed by atoms with Crippen LogP contribution >= 0.6 is 11.6 Å². The molecule has 2 aliphatic carbocycles. The normalized spacial score (nSPS) is 19.3. The number of benzene rings is 2. The van der Waals surface area contributed by atoms with Crippen molar-refractivity contribution < 1.29 is 21.3 Å². The second-order valence-corrected chi connectivity index (χ2v) is 14.1. The molecule has 0 nitrogen and oxygen atoms in total. The zero-order chi connectivity index (χ0) is 17.1. The average molecular weight is 414 g/mol. The van der Waals surface area contributed by atoms with Gasteiger partial charge in [-0.3, -0.25) is 0 Å². The maximum atomic E-state index is 4.64. The zero-order valence-electron chi connectivity index (χ0n) is 14.5. The molecule has 0 saturated carbocycles. The number of alkyl halides is 1. The van der Waals surface area contributed by atoms with Gasteiger partial charge >= 0.3 is 141 Å². The van der Waals surface area contributed by atoms with Crippen molar-refractivity contribution in [1.82, 2.24) is 0 Å². The molecule has 0 aromatic heterocycles. The molecule has 2 heteroatoms. The van der Waals surface area contributed by atoms with Gasteiger partial charge in [-0.05, 0) is 0 Å². The Morgan fingerprint density at radius 1 is 0.750 bits per heavy atom. The molecule has 0 amide bonds. The van der Waals surface area contributed by atoms with Gasteiger partial charge in [-0.2, -0.15) is 0 Å². The van der Waals surface area contributed by atoms with Crippen LogP contribution in [-0.2, 0) is 21.3 Å². The molecular weight excluding hydrogens is 391 g/mol. The number of halogens is 1. The Hall–Kier alpha value is -1.04. The van der Waals surface area contributed by atoms with E-state index in [4.69, 9.17) is 0 Å². The van der Waals surface area contributed by atoms with Crippen molar-refractivity contribution in [3.8, 4) is 0 Å². The summed E-state index contributed by atoms with van der Waals surface area (Å²) in [6.45, 7) is 4.75. The summed E-state index contributed by atoms with van der Waals surface area (Å²) in [6.07, 6.45) is 11.1. The van der Waals surface area contributed by atoms with Gasteiger partial charge < -0.3 is 0 Å². The third-order valence-electron chi connectivity index (χ3n) is 4.85. The van der Waals surface area contributed by atoms with Crippen molar-refractivity contribution in [3.63, 3.8) is 0 Å². The monoisotopic (exact) mass is 412 g/mol. The van der Waals surface area contributed by atoms with Gasteiger partial charge in [0.2, 0.25) is 0 Å². The van der Waals surface area contributed by atoms with Crippen LogP contribution in [-0.4, -0.2) is 9.59 Å². The quantitative estimate of drug-likeness (QED) is 0.513. The number of hydrogen-bond acceptors (Lipinski definition) is 0. The van der Waals surface area contributed by atoms with Crippen LogP contribution in [0.1, 0.15) is 43.4 Å². The first-order valence-corrected chi connectivity index (χ1v) is 13.2. The van der Waals surface area contributed by atoms with E-state index in [0.29, 0.717) is 7.25 Å². The SMILES string of the molecule is CCl.C[C](C)=[Zr]([CH]1C=Cc2ccccc21)[CH]1C=Cc2ccccc21. The number of allylic oxidation sites excluding steroid dienone is 2. The summed E-state index contributed by atoms with van der Waals surface area (Å²) in [5.74, 6) is 0. The van der Waals surface area contributed by atoms with Gasteiger partial charge in [0.1, 0.15) is 0 Å². The molecule has 0 radical (unpaired) electrons. The van der Waals surface area contributed by atoms with Crippen molar-refractivity contribution in [3.05, 3.63) is 82.9 Å². The molecule has 0 aliphatic heterocycles. The minimum atomic E-state index is -1.84. The van der Waals surface area contributed by atoms with E-state index in [1.165, 1.54) is 17.5 Å². The summed E-state index contributed by atoms with van der Waals surface area (Å²) >= 11 is 2.80. The molecule has 0 heterocycles. The van der Waals surface area contributed by atoms with E-state index in [1.54, 1.807) is 14.3 Å². The van der Waals surface area contributed by atoms with E-state index in [1.807, 2.05) is 0 Å². The van der Waals surface area contributed by atoms with E-state index in [0.717, 1.165) is 0 Å². The van der Waals surface area contributed by atoms with Crippen LogP contribution in [0, 0.1) is 0 Å². The van der Waals surface area contributed by atoms with Crippen molar-refractivity contribution in [2.75, 3.05) is 6.38 Å². The van der Waals surface area contributed by atoms with Crippen molar-refractivity contribution in [1.29, 1.82) is 0 Å². The van der Waals surface area contributed by atoms with Crippen LogP contribution in [0.4, 0.5) is 0 Å². The predicted octanol–water partition coefficient (Wildman–Crippen LogP) is 6.21. The Morgan fingerprint density at radius 3 is 1.58 bits per heavy atom. The molecule has 0 spiro atoms. The van der Waals surface area contributed by atoms with Gasteiger partial charge in [0.25, 0.3) is 0 Å². The Bertz CT molecular complexity index is 762. The van der Waals surface area contributed by atoms with Crippen LogP contribution < -0.4 is 0 Å². The Morgan fingerprint density at radius 2 is 1.17 bits per heavy atom. The molecule has 2 unspecified atom stereocenters. The van der Waals surface area contributed by atoms with Crippen molar-refractivity contribution >= 4 is 27.0 Å². The van der Waals surface area contributed by atoms with Crippen LogP contribution in [0.2, 0.25) is 0 Å². The van der Waals surface area contributed by atoms with Gasteiger partial charge in [-0.25, -0.2) is 0 Å². The van der Waals surface area contributed by atoms with Gasteiger partial charge in [0.05, 0.1) is 0 Å². The number of fused-ring (bicyclic) bond motifs is 2. The third kappa shape index (κ3) is 3.22. The molecule has 0 fully saturated rings. The summed E-state index contributed by atoms with van der Waals surface area (Å²) in [7, 11) is 0. The van der Waals surface area contributed by atoms with Gasteiger partial charge in [0.15, 0.2) is 0 Å². The Kier molecular flexibility index (Phi) is 5.85. The van der Waals surface area contributed by atoms with E-state index < -0.39 is 21.3 Å². The number of rotatable bonds is 2. The zero-order valence-corrected chi connectivity index (χ0v) is 17.7. The fraction of sp³-hybridized carbons (Fsp3) is 0.227. The predicted molar refractivity (Wildman–Crippen MR) is 105 cm³/mol. The first kappa shape index (κ1) is 17.8. The molecule has 0 N–H and O–H groups in total. The van der Waals surface area contributed by atoms with Crippen molar-refractivity contribution in [2.24, 2.45) is 0 Å². The fourth-order valence-corrected chi connectivity index (χ4v) is 12.3. The summed E-state index contributed by atoms with van der Waals surface area (Å²) in [5, 5.41) is 0. The van der Waals surface area contributed by atoms with E-state index in [-0.39, 0.29) is 0 Å². The van der Waals surface area contributed by atoms with Crippen LogP contribution in [0.15, 0.2) is 60.7 Å². The topological polar surface area (TPSA) is 0 Å². The molecule has 2 aliphatic rings. The first-order valence-electron chi connectivity index (χ1n) is 8.35. The molecule has 122 valence electrons. The summed E-state index contributed by atoms with van der Waals surface area (Å²) < 4.78 is 3.08. The summed E-state index contributed by atoms with van der Waals surface area (Å²) in [5.41, 5.74) is 6.00. The third-order valence-corrected chi connectivity index (χ3v) is 13.5. The van der Waals surface area contributed by atoms with Crippen LogP contribution in [0.5, 0.6) is 0 Å². The first-order chi connectivity index (χ1) is 11.8. The minimum absolute atomic E-state index is 0.685. The van der Waals surface area contributed by atoms with Crippen LogP contribution in [0.25, 0.3) is 12.2 Å². The molecule has 2 aromatic carbocycles. The molecule has 0 saturated heterocycles. The van der Waals surface area contributed by atoms with Crippen molar-refractivity contribution in [2.45, 2.75) is 21.1 Å². The second kappa shape index (κ2) is 7.90. The van der Waals surface area contributed by atoms with E-state index >= 15 is 0 Å². The average Bonchev–Trinajstić information content (AvgIpc) is 3.22. The van der Waals surface area contributed by atoms with Gasteiger partial charge in [-0.1, -0.05) is 0 Å². The summed E-state index contributed by atoms with van der Waals surface area (Å²) in [6, 6.07) is 17.9. The number of hydrogen-bond donors (Lipinski definition) is 0. The molecule has 2 aromatic rings. The summed E-state index contributed by atoms with van der Waals surface area (Å²) in [4.78, 5) is 0. The molecular formula is C22H23ClZr. The van der Waals surface area contributed by atoms with E-state index in [9.17, 15) is 0 Å². The fourth-order valence-electron chi connectivity index (χ4n) is 3.86. The molecule has 4 rings (SSSR count). The standard InChI is InChI=1S/2C9H7.C3H6.CH3Cl.Zr/c2*1-2-5-9-7-3-6-8(9)4-1;1-3-2;1-2;/h2*1-7H;1-2H3;1H3;. The molecule has 24 heavy (non-hydrogen) atoms. The molecule has 2 atom stereocenters. The Balaban J connectivity index is 0.000000815. The van der Waals surface area contributed by atoms with E-state index in [2.05, 4.69) is 98.3 Å². The van der Waals surface area contributed by atoms with Gasteiger partial charge in [0, 0.05) is 6.38 Å². The molecule has 0 bridgehead atoms. The van der Waals surface area contributed by atoms with Gasteiger partial charge in [-0.15, -0.1) is 11.6 Å². The van der Waals surface area contributed by atoms with Crippen LogP contribution in [0.3, 0.4) is 0 Å². The Labute approximate surface area is 158 Å². The maximum absolute atomic E-state index is 4.64.